The normalized spacial score (nSPS) is 10.8. The Morgan fingerprint density at radius 3 is 2.74 bits per heavy atom. The largest absolute Gasteiger partial charge is 0.481 e. The number of fused-ring (bicyclic) bond motifs is 1. The topological polar surface area (TPSA) is 121 Å². The van der Waals surface area contributed by atoms with E-state index in [0.717, 1.165) is 0 Å². The predicted molar refractivity (Wildman–Crippen MR) is 135 cm³/mol. The second-order valence-corrected chi connectivity index (χ2v) is 8.84. The van der Waals surface area contributed by atoms with Crippen LogP contribution in [0.3, 0.4) is 0 Å². The molecule has 4 aromatic rings. The van der Waals surface area contributed by atoms with E-state index >= 15 is 4.39 Å². The maximum absolute atomic E-state index is 15.5. The molecule has 0 spiro atoms. The third-order valence-electron chi connectivity index (χ3n) is 5.31. The van der Waals surface area contributed by atoms with Gasteiger partial charge in [-0.15, -0.1) is 5.10 Å². The van der Waals surface area contributed by atoms with Crippen LogP contribution in [-0.2, 0) is 27.5 Å². The quantitative estimate of drug-likeness (QED) is 0.187. The summed E-state index contributed by atoms with van der Waals surface area (Å²) in [6.45, 7) is 6.89. The SMILES string of the molecule is [C-]#[N+]c1cc(Cl)cc(Oc2c(Cl)ccc(Cc3nn(COC(=O)CCCC(=O)O)c4nnccc34)c2F)c1. The van der Waals surface area contributed by atoms with E-state index in [0.29, 0.717) is 16.7 Å². The minimum absolute atomic E-state index is 0.0178. The fourth-order valence-corrected chi connectivity index (χ4v) is 3.97. The van der Waals surface area contributed by atoms with Crippen molar-refractivity contribution in [2.75, 3.05) is 0 Å². The Morgan fingerprint density at radius 1 is 1.16 bits per heavy atom. The number of halogens is 3. The molecule has 0 amide bonds. The van der Waals surface area contributed by atoms with Crippen LogP contribution in [0.25, 0.3) is 15.9 Å². The van der Waals surface area contributed by atoms with E-state index < -0.39 is 17.8 Å². The van der Waals surface area contributed by atoms with Crippen LogP contribution in [0.4, 0.5) is 10.1 Å². The van der Waals surface area contributed by atoms with Crippen LogP contribution in [0.1, 0.15) is 30.5 Å². The second kappa shape index (κ2) is 11.9. The molecule has 1 N–H and O–H groups in total. The number of hydrogen-bond donors (Lipinski definition) is 1. The minimum Gasteiger partial charge on any atom is -0.481 e. The molecule has 0 bridgehead atoms. The van der Waals surface area contributed by atoms with E-state index in [1.165, 1.54) is 41.2 Å². The van der Waals surface area contributed by atoms with Crippen molar-refractivity contribution >= 4 is 51.9 Å². The van der Waals surface area contributed by atoms with Crippen LogP contribution >= 0.6 is 23.2 Å². The average Bonchev–Trinajstić information content (AvgIpc) is 3.23. The molecule has 2 aromatic carbocycles. The zero-order valence-electron chi connectivity index (χ0n) is 19.5. The lowest BCUT2D eigenvalue weighted by Crippen LogP contribution is -2.12. The highest BCUT2D eigenvalue weighted by Gasteiger charge is 2.20. The van der Waals surface area contributed by atoms with Crippen molar-refractivity contribution < 1.29 is 28.6 Å². The van der Waals surface area contributed by atoms with E-state index in [4.69, 9.17) is 44.4 Å². The standard InChI is InChI=1S/C25H18Cl2FN5O5/c1-29-16-10-15(26)11-17(12-16)38-24-19(27)6-5-14(23(24)28)9-20-18-7-8-30-31-25(18)33(32-20)13-37-22(36)4-2-3-21(34)35/h5-8,10-12H,2-4,9,13H2,(H,34,35). The Kier molecular flexibility index (Phi) is 8.35. The van der Waals surface area contributed by atoms with Crippen LogP contribution in [0, 0.1) is 12.4 Å². The zero-order chi connectivity index (χ0) is 27.2. The summed E-state index contributed by atoms with van der Waals surface area (Å²) in [7, 11) is 0. The maximum atomic E-state index is 15.5. The van der Waals surface area contributed by atoms with Gasteiger partial charge in [-0.1, -0.05) is 29.3 Å². The first-order valence-corrected chi connectivity index (χ1v) is 11.9. The number of esters is 1. The Bertz CT molecular complexity index is 1570. The van der Waals surface area contributed by atoms with Gasteiger partial charge >= 0.3 is 11.9 Å². The highest BCUT2D eigenvalue weighted by Crippen LogP contribution is 2.37. The van der Waals surface area contributed by atoms with E-state index in [-0.39, 0.29) is 65.2 Å². The summed E-state index contributed by atoms with van der Waals surface area (Å²) in [6, 6.07) is 8.93. The molecule has 0 atom stereocenters. The number of rotatable bonds is 10. The van der Waals surface area contributed by atoms with Gasteiger partial charge in [0.2, 0.25) is 0 Å². The van der Waals surface area contributed by atoms with Crippen molar-refractivity contribution in [1.82, 2.24) is 20.0 Å². The summed E-state index contributed by atoms with van der Waals surface area (Å²) in [5, 5.41) is 21.8. The summed E-state index contributed by atoms with van der Waals surface area (Å²) < 4.78 is 27.7. The Morgan fingerprint density at radius 2 is 1.97 bits per heavy atom. The molecule has 4 rings (SSSR count). The van der Waals surface area contributed by atoms with E-state index in [9.17, 15) is 9.59 Å². The molecule has 0 fully saturated rings. The van der Waals surface area contributed by atoms with E-state index in [2.05, 4.69) is 20.1 Å². The van der Waals surface area contributed by atoms with Gasteiger partial charge in [-0.3, -0.25) is 9.59 Å². The molecular formula is C25H18Cl2FN5O5. The summed E-state index contributed by atoms with van der Waals surface area (Å²) in [4.78, 5) is 25.9. The number of aliphatic carboxylic acids is 1. The molecule has 0 aliphatic heterocycles. The van der Waals surface area contributed by atoms with Gasteiger partial charge in [0.1, 0.15) is 5.75 Å². The number of benzene rings is 2. The lowest BCUT2D eigenvalue weighted by molar-refractivity contribution is -0.148. The van der Waals surface area contributed by atoms with Crippen molar-refractivity contribution in [1.29, 1.82) is 0 Å². The molecule has 0 aliphatic rings. The number of carboxylic acid groups (broad SMARTS) is 1. The number of aromatic nitrogens is 4. The highest BCUT2D eigenvalue weighted by molar-refractivity contribution is 6.32. The first-order chi connectivity index (χ1) is 18.2. The van der Waals surface area contributed by atoms with Crippen molar-refractivity contribution in [2.24, 2.45) is 0 Å². The van der Waals surface area contributed by atoms with Gasteiger partial charge in [0.25, 0.3) is 0 Å². The van der Waals surface area contributed by atoms with Crippen molar-refractivity contribution in [3.05, 3.63) is 81.1 Å². The van der Waals surface area contributed by atoms with Gasteiger partial charge in [-0.2, -0.15) is 10.2 Å². The van der Waals surface area contributed by atoms with Crippen LogP contribution < -0.4 is 4.74 Å². The molecule has 0 radical (unpaired) electrons. The first kappa shape index (κ1) is 26.8. The lowest BCUT2D eigenvalue weighted by Gasteiger charge is -2.12. The fraction of sp³-hybridized carbons (Fsp3) is 0.200. The highest BCUT2D eigenvalue weighted by atomic mass is 35.5. The van der Waals surface area contributed by atoms with Gasteiger partial charge in [0, 0.05) is 29.7 Å². The summed E-state index contributed by atoms with van der Waals surface area (Å²) in [5.74, 6) is -2.40. The lowest BCUT2D eigenvalue weighted by atomic mass is 10.1. The molecule has 10 nitrogen and oxygen atoms in total. The van der Waals surface area contributed by atoms with Gasteiger partial charge in [-0.25, -0.2) is 13.9 Å². The van der Waals surface area contributed by atoms with Gasteiger partial charge in [0.05, 0.1) is 23.5 Å². The maximum Gasteiger partial charge on any atom is 0.307 e. The molecule has 194 valence electrons. The van der Waals surface area contributed by atoms with Gasteiger partial charge in [-0.05, 0) is 42.3 Å². The molecule has 13 heteroatoms. The summed E-state index contributed by atoms with van der Waals surface area (Å²) >= 11 is 12.2. The third kappa shape index (κ3) is 6.34. The minimum atomic E-state index is -1.00. The van der Waals surface area contributed by atoms with Gasteiger partial charge in [0.15, 0.2) is 29.6 Å². The number of carbonyl (C=O) groups is 2. The number of carboxylic acids is 1. The molecule has 0 saturated heterocycles. The third-order valence-corrected chi connectivity index (χ3v) is 5.83. The molecule has 2 aromatic heterocycles. The zero-order valence-corrected chi connectivity index (χ0v) is 21.0. The molecular weight excluding hydrogens is 540 g/mol. The Balaban J connectivity index is 1.57. The van der Waals surface area contributed by atoms with E-state index in [1.54, 1.807) is 6.07 Å². The predicted octanol–water partition coefficient (Wildman–Crippen LogP) is 5.96. The first-order valence-electron chi connectivity index (χ1n) is 11.1. The molecule has 0 saturated carbocycles. The van der Waals surface area contributed by atoms with Crippen LogP contribution in [0.2, 0.25) is 10.0 Å². The summed E-state index contributed by atoms with van der Waals surface area (Å²) in [5.41, 5.74) is 1.19. The van der Waals surface area contributed by atoms with E-state index in [1.807, 2.05) is 0 Å². The molecule has 38 heavy (non-hydrogen) atoms. The number of ether oxygens (including phenoxy) is 2. The number of carbonyl (C=O) groups excluding carboxylic acids is 1. The monoisotopic (exact) mass is 557 g/mol. The Hall–Kier alpha value is -4.27. The van der Waals surface area contributed by atoms with Crippen molar-refractivity contribution in [2.45, 2.75) is 32.4 Å². The van der Waals surface area contributed by atoms with Gasteiger partial charge < -0.3 is 14.6 Å². The second-order valence-electron chi connectivity index (χ2n) is 7.99. The van der Waals surface area contributed by atoms with Crippen LogP contribution in [0.5, 0.6) is 11.5 Å². The smallest absolute Gasteiger partial charge is 0.307 e. The van der Waals surface area contributed by atoms with Crippen LogP contribution in [-0.4, -0.2) is 37.0 Å². The fourth-order valence-electron chi connectivity index (χ4n) is 3.57. The van der Waals surface area contributed by atoms with Crippen LogP contribution in [0.15, 0.2) is 42.6 Å². The summed E-state index contributed by atoms with van der Waals surface area (Å²) in [6.07, 6.45) is 1.41. The van der Waals surface area contributed by atoms with Crippen molar-refractivity contribution in [3.63, 3.8) is 0 Å². The number of hydrogen-bond acceptors (Lipinski definition) is 7. The Labute approximate surface area is 225 Å². The van der Waals surface area contributed by atoms with Crippen molar-refractivity contribution in [3.8, 4) is 11.5 Å². The molecule has 0 unspecified atom stereocenters. The molecule has 2 heterocycles. The molecule has 0 aliphatic carbocycles. The average molecular weight is 558 g/mol. The number of nitrogens with zero attached hydrogens (tertiary/aromatic N) is 5.